The van der Waals surface area contributed by atoms with Gasteiger partial charge in [-0.25, -0.2) is 4.39 Å². The van der Waals surface area contributed by atoms with Crippen LogP contribution >= 0.6 is 11.6 Å². The summed E-state index contributed by atoms with van der Waals surface area (Å²) >= 11 is 5.44. The van der Waals surface area contributed by atoms with Crippen molar-refractivity contribution in [3.05, 3.63) is 34.6 Å². The van der Waals surface area contributed by atoms with Crippen LogP contribution < -0.4 is 5.73 Å². The Balaban J connectivity index is 3.20. The molecule has 0 spiro atoms. The van der Waals surface area contributed by atoms with Gasteiger partial charge in [0.05, 0.1) is 12.1 Å². The lowest BCUT2D eigenvalue weighted by Crippen LogP contribution is -2.26. The van der Waals surface area contributed by atoms with Crippen molar-refractivity contribution in [2.45, 2.75) is 5.92 Å². The molecule has 5 heteroatoms. The number of benzene rings is 1. The zero-order valence-corrected chi connectivity index (χ0v) is 7.28. The maximum absolute atomic E-state index is 12.9. The smallest absolute Gasteiger partial charge is 0.288 e. The van der Waals surface area contributed by atoms with Crippen molar-refractivity contribution in [2.75, 3.05) is 6.54 Å². The van der Waals surface area contributed by atoms with Crippen LogP contribution in [0.4, 0.5) is 13.2 Å². The SMILES string of the molecule is NCC(F)(F)c1cc(Cl)ccc1F. The van der Waals surface area contributed by atoms with Crippen LogP contribution in [0.5, 0.6) is 0 Å². The van der Waals surface area contributed by atoms with E-state index in [1.807, 2.05) is 0 Å². The third-order valence-corrected chi connectivity index (χ3v) is 1.81. The number of hydrogen-bond acceptors (Lipinski definition) is 1. The Morgan fingerprint density at radius 1 is 1.38 bits per heavy atom. The van der Waals surface area contributed by atoms with E-state index < -0.39 is 23.8 Å². The van der Waals surface area contributed by atoms with E-state index in [4.69, 9.17) is 17.3 Å². The summed E-state index contributed by atoms with van der Waals surface area (Å²) in [5.74, 6) is -4.37. The highest BCUT2D eigenvalue weighted by molar-refractivity contribution is 6.30. The van der Waals surface area contributed by atoms with E-state index in [0.29, 0.717) is 0 Å². The van der Waals surface area contributed by atoms with Gasteiger partial charge in [-0.05, 0) is 18.2 Å². The molecule has 0 atom stereocenters. The normalized spacial score (nSPS) is 11.8. The molecule has 0 unspecified atom stereocenters. The van der Waals surface area contributed by atoms with Gasteiger partial charge in [0.1, 0.15) is 5.82 Å². The molecule has 0 fully saturated rings. The minimum absolute atomic E-state index is 0.0597. The zero-order chi connectivity index (χ0) is 10.1. The summed E-state index contributed by atoms with van der Waals surface area (Å²) in [6, 6.07) is 2.97. The fourth-order valence-corrected chi connectivity index (χ4v) is 1.06. The van der Waals surface area contributed by atoms with Gasteiger partial charge in [-0.15, -0.1) is 0 Å². The first-order valence-electron chi connectivity index (χ1n) is 3.51. The molecule has 1 rings (SSSR count). The average molecular weight is 210 g/mol. The Hall–Kier alpha value is -0.740. The summed E-state index contributed by atoms with van der Waals surface area (Å²) in [5, 5.41) is 0.0597. The second-order valence-corrected chi connectivity index (χ2v) is 2.97. The summed E-state index contributed by atoms with van der Waals surface area (Å²) in [6.45, 7) is -0.940. The van der Waals surface area contributed by atoms with Crippen molar-refractivity contribution in [2.24, 2.45) is 5.73 Å². The lowest BCUT2D eigenvalue weighted by Gasteiger charge is -2.14. The van der Waals surface area contributed by atoms with Crippen molar-refractivity contribution in [1.82, 2.24) is 0 Å². The van der Waals surface area contributed by atoms with E-state index in [1.165, 1.54) is 6.07 Å². The van der Waals surface area contributed by atoms with Gasteiger partial charge in [0.15, 0.2) is 0 Å². The quantitative estimate of drug-likeness (QED) is 0.796. The van der Waals surface area contributed by atoms with Crippen molar-refractivity contribution in [1.29, 1.82) is 0 Å². The molecule has 13 heavy (non-hydrogen) atoms. The van der Waals surface area contributed by atoms with E-state index >= 15 is 0 Å². The zero-order valence-electron chi connectivity index (χ0n) is 6.53. The monoisotopic (exact) mass is 209 g/mol. The van der Waals surface area contributed by atoms with Crippen LogP contribution in [0, 0.1) is 5.82 Å². The molecule has 0 aromatic heterocycles. The summed E-state index contributed by atoms with van der Waals surface area (Å²) in [7, 11) is 0. The minimum Gasteiger partial charge on any atom is -0.325 e. The molecule has 72 valence electrons. The van der Waals surface area contributed by atoms with Gasteiger partial charge in [0.25, 0.3) is 5.92 Å². The van der Waals surface area contributed by atoms with Gasteiger partial charge >= 0.3 is 0 Å². The molecule has 0 bridgehead atoms. The summed E-state index contributed by atoms with van der Waals surface area (Å²) < 4.78 is 38.7. The van der Waals surface area contributed by atoms with Crippen LogP contribution in [0.15, 0.2) is 18.2 Å². The summed E-state index contributed by atoms with van der Waals surface area (Å²) in [5.41, 5.74) is 4.04. The molecule has 0 amide bonds. The van der Waals surface area contributed by atoms with E-state index in [1.54, 1.807) is 0 Å². The molecule has 0 aliphatic heterocycles. The fraction of sp³-hybridized carbons (Fsp3) is 0.250. The molecule has 1 nitrogen and oxygen atoms in total. The lowest BCUT2D eigenvalue weighted by molar-refractivity contribution is 0.00240. The lowest BCUT2D eigenvalue weighted by atomic mass is 10.1. The van der Waals surface area contributed by atoms with Crippen molar-refractivity contribution >= 4 is 11.6 Å². The highest BCUT2D eigenvalue weighted by Crippen LogP contribution is 2.30. The van der Waals surface area contributed by atoms with Crippen LogP contribution in [-0.2, 0) is 5.92 Å². The number of rotatable bonds is 2. The molecule has 1 aromatic carbocycles. The molecule has 0 saturated heterocycles. The van der Waals surface area contributed by atoms with Crippen LogP contribution in [0.1, 0.15) is 5.56 Å². The van der Waals surface area contributed by atoms with Crippen molar-refractivity contribution < 1.29 is 13.2 Å². The molecule has 0 radical (unpaired) electrons. The topological polar surface area (TPSA) is 26.0 Å². The summed E-state index contributed by atoms with van der Waals surface area (Å²) in [6.07, 6.45) is 0. The Labute approximate surface area is 78.3 Å². The number of alkyl halides is 2. The summed E-state index contributed by atoms with van der Waals surface area (Å²) in [4.78, 5) is 0. The Morgan fingerprint density at radius 2 is 2.00 bits per heavy atom. The standard InChI is InChI=1S/C8H7ClF3N/c9-5-1-2-7(10)6(3-5)8(11,12)4-13/h1-3H,4,13H2. The maximum Gasteiger partial charge on any atom is 0.288 e. The van der Waals surface area contributed by atoms with Gasteiger partial charge in [-0.2, -0.15) is 8.78 Å². The maximum atomic E-state index is 12.9. The first kappa shape index (κ1) is 10.3. The van der Waals surface area contributed by atoms with Crippen LogP contribution in [0.3, 0.4) is 0 Å². The minimum atomic E-state index is -3.37. The Bertz CT molecular complexity index is 314. The average Bonchev–Trinajstić information content (AvgIpc) is 2.09. The van der Waals surface area contributed by atoms with E-state index in [0.717, 1.165) is 12.1 Å². The molecule has 0 aliphatic carbocycles. The second kappa shape index (κ2) is 3.55. The molecule has 0 heterocycles. The highest BCUT2D eigenvalue weighted by Gasteiger charge is 2.32. The van der Waals surface area contributed by atoms with Gasteiger partial charge < -0.3 is 5.73 Å². The van der Waals surface area contributed by atoms with E-state index in [9.17, 15) is 13.2 Å². The van der Waals surface area contributed by atoms with Gasteiger partial charge in [0.2, 0.25) is 0 Å². The second-order valence-electron chi connectivity index (χ2n) is 2.53. The highest BCUT2D eigenvalue weighted by atomic mass is 35.5. The largest absolute Gasteiger partial charge is 0.325 e. The van der Waals surface area contributed by atoms with Gasteiger partial charge in [-0.1, -0.05) is 11.6 Å². The first-order valence-corrected chi connectivity index (χ1v) is 3.88. The molecule has 1 aromatic rings. The van der Waals surface area contributed by atoms with Crippen molar-refractivity contribution in [3.8, 4) is 0 Å². The Kier molecular flexibility index (Phi) is 2.83. The third kappa shape index (κ3) is 2.14. The number of halogens is 4. The van der Waals surface area contributed by atoms with Crippen LogP contribution in [0.25, 0.3) is 0 Å². The molecule has 2 N–H and O–H groups in total. The van der Waals surface area contributed by atoms with E-state index in [-0.39, 0.29) is 5.02 Å². The molecular formula is C8H7ClF3N. The number of nitrogens with two attached hydrogens (primary N) is 1. The third-order valence-electron chi connectivity index (χ3n) is 1.58. The van der Waals surface area contributed by atoms with Gasteiger partial charge in [-0.3, -0.25) is 0 Å². The predicted molar refractivity (Wildman–Crippen MR) is 44.4 cm³/mol. The molecular weight excluding hydrogens is 203 g/mol. The molecule has 0 aliphatic rings. The Morgan fingerprint density at radius 3 is 2.54 bits per heavy atom. The molecule has 0 saturated carbocycles. The van der Waals surface area contributed by atoms with E-state index in [2.05, 4.69) is 0 Å². The van der Waals surface area contributed by atoms with Crippen LogP contribution in [0.2, 0.25) is 5.02 Å². The van der Waals surface area contributed by atoms with Crippen molar-refractivity contribution in [3.63, 3.8) is 0 Å². The predicted octanol–water partition coefficient (Wildman–Crippen LogP) is 2.53. The fourth-order valence-electron chi connectivity index (χ4n) is 0.888. The van der Waals surface area contributed by atoms with Crippen LogP contribution in [-0.4, -0.2) is 6.54 Å². The number of hydrogen-bond donors (Lipinski definition) is 1. The van der Waals surface area contributed by atoms with Gasteiger partial charge in [0, 0.05) is 5.02 Å². The first-order chi connectivity index (χ1) is 5.97.